The fourth-order valence-electron chi connectivity index (χ4n) is 3.15. The quantitative estimate of drug-likeness (QED) is 0.634. The predicted octanol–water partition coefficient (Wildman–Crippen LogP) is 3.17. The second-order valence-electron chi connectivity index (χ2n) is 6.15. The first-order valence-corrected chi connectivity index (χ1v) is 8.61. The second kappa shape index (κ2) is 8.28. The molecule has 8 nitrogen and oxygen atoms in total. The largest absolute Gasteiger partial charge is 0.346 e. The van der Waals surface area contributed by atoms with Crippen LogP contribution in [0.4, 0.5) is 22.0 Å². The first-order valence-electron chi connectivity index (χ1n) is 8.61. The number of hydrogen-bond donors (Lipinski definition) is 2. The van der Waals surface area contributed by atoms with Crippen LogP contribution in [0, 0.1) is 10.1 Å². The number of hydrogen-bond acceptors (Lipinski definition) is 5. The van der Waals surface area contributed by atoms with Crippen molar-refractivity contribution in [1.82, 2.24) is 10.3 Å². The fourth-order valence-corrected chi connectivity index (χ4v) is 3.15. The van der Waals surface area contributed by atoms with Crippen molar-refractivity contribution in [3.05, 3.63) is 58.8 Å². The van der Waals surface area contributed by atoms with Crippen molar-refractivity contribution in [2.24, 2.45) is 0 Å². The molecule has 136 valence electrons. The summed E-state index contributed by atoms with van der Waals surface area (Å²) in [5.41, 5.74) is 0.707. The van der Waals surface area contributed by atoms with Crippen LogP contribution in [0.25, 0.3) is 0 Å². The molecule has 1 aliphatic rings. The number of pyridine rings is 1. The zero-order chi connectivity index (χ0) is 18.4. The number of nitrogens with zero attached hydrogens (tertiary/aromatic N) is 3. The summed E-state index contributed by atoms with van der Waals surface area (Å²) in [6.07, 6.45) is 4.37. The number of piperidine rings is 1. The highest BCUT2D eigenvalue weighted by molar-refractivity contribution is 5.89. The van der Waals surface area contributed by atoms with Crippen molar-refractivity contribution in [2.45, 2.75) is 25.3 Å². The molecule has 1 aliphatic heterocycles. The average molecular weight is 355 g/mol. The van der Waals surface area contributed by atoms with E-state index in [-0.39, 0.29) is 17.8 Å². The van der Waals surface area contributed by atoms with Crippen LogP contribution in [0.15, 0.2) is 48.7 Å². The van der Waals surface area contributed by atoms with E-state index in [9.17, 15) is 14.9 Å². The highest BCUT2D eigenvalue weighted by Crippen LogP contribution is 2.30. The Bertz CT molecular complexity index is 768. The molecular formula is C18H21N5O3. The third-order valence-electron chi connectivity index (χ3n) is 4.39. The summed E-state index contributed by atoms with van der Waals surface area (Å²) in [5.74, 6) is 0.368. The molecule has 0 bridgehead atoms. The standard InChI is InChI=1S/C18H21N5O3/c24-18(21-14-7-2-1-3-8-14)20-13-15-9-4-5-12-22(15)17-16(23(25)26)10-6-11-19-17/h1-3,6-8,10-11,15H,4-5,9,12-13H2,(H2,20,21,24). The summed E-state index contributed by atoms with van der Waals surface area (Å²) in [5, 5.41) is 16.9. The molecule has 0 aliphatic carbocycles. The van der Waals surface area contributed by atoms with Crippen LogP contribution in [-0.2, 0) is 0 Å². The number of carbonyl (C=O) groups excluding carboxylic acids is 1. The Kier molecular flexibility index (Phi) is 5.62. The number of anilines is 2. The number of rotatable bonds is 5. The van der Waals surface area contributed by atoms with Gasteiger partial charge in [-0.05, 0) is 37.5 Å². The molecule has 0 saturated carbocycles. The van der Waals surface area contributed by atoms with E-state index >= 15 is 0 Å². The monoisotopic (exact) mass is 355 g/mol. The van der Waals surface area contributed by atoms with E-state index in [4.69, 9.17) is 0 Å². The van der Waals surface area contributed by atoms with Crippen LogP contribution in [0.1, 0.15) is 19.3 Å². The molecule has 1 fully saturated rings. The summed E-state index contributed by atoms with van der Waals surface area (Å²) in [4.78, 5) is 29.2. The summed E-state index contributed by atoms with van der Waals surface area (Å²) < 4.78 is 0. The number of benzene rings is 1. The molecule has 0 spiro atoms. The molecule has 1 aromatic heterocycles. The molecule has 2 N–H and O–H groups in total. The molecule has 1 atom stereocenters. The lowest BCUT2D eigenvalue weighted by atomic mass is 10.0. The van der Waals surface area contributed by atoms with Gasteiger partial charge in [-0.25, -0.2) is 9.78 Å². The van der Waals surface area contributed by atoms with E-state index in [1.54, 1.807) is 12.3 Å². The van der Waals surface area contributed by atoms with Crippen LogP contribution >= 0.6 is 0 Å². The van der Waals surface area contributed by atoms with E-state index in [2.05, 4.69) is 15.6 Å². The number of urea groups is 1. The smallest absolute Gasteiger partial charge is 0.319 e. The summed E-state index contributed by atoms with van der Waals surface area (Å²) in [6, 6.07) is 11.9. The van der Waals surface area contributed by atoms with E-state index < -0.39 is 4.92 Å². The number of amides is 2. The predicted molar refractivity (Wildman–Crippen MR) is 99.3 cm³/mol. The molecule has 2 heterocycles. The van der Waals surface area contributed by atoms with Crippen molar-refractivity contribution in [3.63, 3.8) is 0 Å². The molecule has 8 heteroatoms. The van der Waals surface area contributed by atoms with Gasteiger partial charge in [-0.1, -0.05) is 18.2 Å². The highest BCUT2D eigenvalue weighted by Gasteiger charge is 2.29. The van der Waals surface area contributed by atoms with Crippen LogP contribution < -0.4 is 15.5 Å². The number of nitrogens with one attached hydrogen (secondary N) is 2. The minimum atomic E-state index is -0.413. The second-order valence-corrected chi connectivity index (χ2v) is 6.15. The van der Waals surface area contributed by atoms with Gasteiger partial charge in [0.05, 0.1) is 4.92 Å². The summed E-state index contributed by atoms with van der Waals surface area (Å²) in [7, 11) is 0. The SMILES string of the molecule is O=C(NCC1CCCCN1c1ncccc1[N+](=O)[O-])Nc1ccccc1. The minimum absolute atomic E-state index is 0.00635. The lowest BCUT2D eigenvalue weighted by Gasteiger charge is -2.36. The Morgan fingerprint density at radius 2 is 2.04 bits per heavy atom. The van der Waals surface area contributed by atoms with Crippen molar-refractivity contribution in [2.75, 3.05) is 23.3 Å². The maximum atomic E-state index is 12.1. The maximum absolute atomic E-state index is 12.1. The lowest BCUT2D eigenvalue weighted by molar-refractivity contribution is -0.384. The minimum Gasteiger partial charge on any atom is -0.346 e. The first kappa shape index (κ1) is 17.7. The average Bonchev–Trinajstić information content (AvgIpc) is 2.67. The number of aromatic nitrogens is 1. The topological polar surface area (TPSA) is 100 Å². The van der Waals surface area contributed by atoms with Gasteiger partial charge in [0.1, 0.15) is 0 Å². The molecule has 2 aromatic rings. The summed E-state index contributed by atoms with van der Waals surface area (Å²) in [6.45, 7) is 1.08. The maximum Gasteiger partial charge on any atom is 0.319 e. The van der Waals surface area contributed by atoms with Crippen LogP contribution in [0.3, 0.4) is 0 Å². The fraction of sp³-hybridized carbons (Fsp3) is 0.333. The van der Waals surface area contributed by atoms with Crippen LogP contribution in [0.2, 0.25) is 0 Å². The Morgan fingerprint density at radius 1 is 1.23 bits per heavy atom. The Morgan fingerprint density at radius 3 is 2.81 bits per heavy atom. The van der Waals surface area contributed by atoms with Crippen molar-refractivity contribution >= 4 is 23.2 Å². The van der Waals surface area contributed by atoms with E-state index in [1.165, 1.54) is 6.07 Å². The Balaban J connectivity index is 1.66. The Hall–Kier alpha value is -3.16. The zero-order valence-corrected chi connectivity index (χ0v) is 14.3. The van der Waals surface area contributed by atoms with Gasteiger partial charge in [-0.3, -0.25) is 10.1 Å². The van der Waals surface area contributed by atoms with Gasteiger partial charge < -0.3 is 15.5 Å². The third-order valence-corrected chi connectivity index (χ3v) is 4.39. The molecule has 26 heavy (non-hydrogen) atoms. The molecular weight excluding hydrogens is 334 g/mol. The molecule has 0 radical (unpaired) electrons. The van der Waals surface area contributed by atoms with Gasteiger partial charge >= 0.3 is 11.7 Å². The van der Waals surface area contributed by atoms with Crippen LogP contribution in [-0.4, -0.2) is 35.1 Å². The molecule has 2 amide bonds. The van der Waals surface area contributed by atoms with E-state index in [0.29, 0.717) is 24.6 Å². The summed E-state index contributed by atoms with van der Waals surface area (Å²) >= 11 is 0. The number of para-hydroxylation sites is 1. The first-order chi connectivity index (χ1) is 12.6. The van der Waals surface area contributed by atoms with Gasteiger partial charge in [0.25, 0.3) is 0 Å². The molecule has 1 saturated heterocycles. The van der Waals surface area contributed by atoms with Gasteiger partial charge in [0.15, 0.2) is 0 Å². The molecule has 1 aromatic carbocycles. The van der Waals surface area contributed by atoms with Crippen molar-refractivity contribution in [1.29, 1.82) is 0 Å². The highest BCUT2D eigenvalue weighted by atomic mass is 16.6. The zero-order valence-electron chi connectivity index (χ0n) is 14.3. The van der Waals surface area contributed by atoms with Crippen molar-refractivity contribution < 1.29 is 9.72 Å². The van der Waals surface area contributed by atoms with Gasteiger partial charge in [0, 0.05) is 37.1 Å². The van der Waals surface area contributed by atoms with Crippen molar-refractivity contribution in [3.8, 4) is 0 Å². The van der Waals surface area contributed by atoms with Crippen LogP contribution in [0.5, 0.6) is 0 Å². The van der Waals surface area contributed by atoms with Gasteiger partial charge in [0.2, 0.25) is 5.82 Å². The normalized spacial score (nSPS) is 16.8. The lowest BCUT2D eigenvalue weighted by Crippen LogP contribution is -2.48. The molecule has 1 unspecified atom stereocenters. The number of nitro groups is 1. The van der Waals surface area contributed by atoms with E-state index in [1.807, 2.05) is 35.2 Å². The Labute approximate surface area is 151 Å². The van der Waals surface area contributed by atoms with E-state index in [0.717, 1.165) is 19.3 Å². The third kappa shape index (κ3) is 4.27. The van der Waals surface area contributed by atoms with Gasteiger partial charge in [-0.2, -0.15) is 0 Å². The van der Waals surface area contributed by atoms with Gasteiger partial charge in [-0.15, -0.1) is 0 Å². The molecule has 3 rings (SSSR count). The number of carbonyl (C=O) groups is 1.